The molecule has 0 aromatic heterocycles. The van der Waals surface area contributed by atoms with Crippen LogP contribution in [-0.4, -0.2) is 81.8 Å². The number of rotatable bonds is 6. The summed E-state index contributed by atoms with van der Waals surface area (Å²) in [7, 11) is -4.85. The minimum Gasteiger partial charge on any atom is -0.504 e. The van der Waals surface area contributed by atoms with E-state index in [0.717, 1.165) is 18.2 Å². The third-order valence-corrected chi connectivity index (χ3v) is 3.93. The van der Waals surface area contributed by atoms with Gasteiger partial charge in [0, 0.05) is 0 Å². The van der Waals surface area contributed by atoms with Crippen LogP contribution in [0.1, 0.15) is 10.4 Å². The van der Waals surface area contributed by atoms with Gasteiger partial charge in [0.1, 0.15) is 24.4 Å². The number of aromatic hydroxyl groups is 1. The fourth-order valence-corrected chi connectivity index (χ4v) is 2.49. The lowest BCUT2D eigenvalue weighted by molar-refractivity contribution is -0.276. The van der Waals surface area contributed by atoms with Gasteiger partial charge < -0.3 is 35.0 Å². The molecule has 0 saturated carbocycles. The molecule has 1 aromatic rings. The highest BCUT2D eigenvalue weighted by Gasteiger charge is 2.45. The molecular weight excluding hydrogens is 380 g/mol. The number of carboxylic acids is 1. The first-order valence-electron chi connectivity index (χ1n) is 7.04. The second-order valence-electron chi connectivity index (χ2n) is 5.33. The van der Waals surface area contributed by atoms with Crippen LogP contribution in [0.25, 0.3) is 0 Å². The standard InChI is InChI=1S/C13H16O12S/c14-6-3-5(12(18)19)1-2-7(6)24-13-11(17)10(16)9(15)8(25-13)4-23-26(20,21)22/h1-3,8-11,13-17H,4H2,(H,18,19)(H,20,21,22)/t8-,9-,10+,11-,13-/m1/s1. The van der Waals surface area contributed by atoms with E-state index < -0.39 is 59.4 Å². The van der Waals surface area contributed by atoms with Crippen LogP contribution in [-0.2, 0) is 19.3 Å². The average Bonchev–Trinajstić information content (AvgIpc) is 2.54. The van der Waals surface area contributed by atoms with Crippen molar-refractivity contribution in [2.24, 2.45) is 0 Å². The number of benzene rings is 1. The SMILES string of the molecule is O=C(O)c1ccc(O[C@@H]2O[C@H](COS(=O)(=O)O)[C@@H](O)[C@H](O)[C@H]2O)c(O)c1. The Bertz CT molecular complexity index is 762. The van der Waals surface area contributed by atoms with E-state index in [-0.39, 0.29) is 11.3 Å². The Kier molecular flexibility index (Phi) is 6.02. The summed E-state index contributed by atoms with van der Waals surface area (Å²) >= 11 is 0. The first-order chi connectivity index (χ1) is 12.0. The van der Waals surface area contributed by atoms with Crippen molar-refractivity contribution >= 4 is 16.4 Å². The molecule has 146 valence electrons. The number of phenolic OH excluding ortho intramolecular Hbond substituents is 1. The molecule has 1 aliphatic rings. The maximum atomic E-state index is 10.8. The molecule has 0 radical (unpaired) electrons. The van der Waals surface area contributed by atoms with Gasteiger partial charge in [-0.2, -0.15) is 8.42 Å². The third-order valence-electron chi connectivity index (χ3n) is 3.50. The number of hydrogen-bond acceptors (Lipinski definition) is 10. The quantitative estimate of drug-likeness (QED) is 0.292. The zero-order valence-electron chi connectivity index (χ0n) is 12.9. The zero-order chi connectivity index (χ0) is 19.6. The summed E-state index contributed by atoms with van der Waals surface area (Å²) < 4.78 is 44.1. The van der Waals surface area contributed by atoms with Crippen molar-refractivity contribution in [3.8, 4) is 11.5 Å². The predicted molar refractivity (Wildman–Crippen MR) is 79.9 cm³/mol. The predicted octanol–water partition coefficient (Wildman–Crippen LogP) is -1.90. The number of phenols is 1. The van der Waals surface area contributed by atoms with E-state index in [0.29, 0.717) is 0 Å². The van der Waals surface area contributed by atoms with Gasteiger partial charge in [0.25, 0.3) is 0 Å². The molecule has 0 amide bonds. The van der Waals surface area contributed by atoms with E-state index in [9.17, 15) is 33.6 Å². The highest BCUT2D eigenvalue weighted by molar-refractivity contribution is 7.80. The first kappa shape index (κ1) is 20.3. The fraction of sp³-hybridized carbons (Fsp3) is 0.462. The van der Waals surface area contributed by atoms with Gasteiger partial charge in [0.05, 0.1) is 12.2 Å². The molecule has 0 unspecified atom stereocenters. The lowest BCUT2D eigenvalue weighted by Crippen LogP contribution is -2.60. The highest BCUT2D eigenvalue weighted by atomic mass is 32.3. The molecule has 2 rings (SSSR count). The van der Waals surface area contributed by atoms with E-state index in [2.05, 4.69) is 4.18 Å². The van der Waals surface area contributed by atoms with E-state index in [4.69, 9.17) is 19.1 Å². The largest absolute Gasteiger partial charge is 0.504 e. The van der Waals surface area contributed by atoms with E-state index >= 15 is 0 Å². The van der Waals surface area contributed by atoms with Crippen molar-refractivity contribution < 1.29 is 57.0 Å². The molecule has 1 saturated heterocycles. The van der Waals surface area contributed by atoms with Crippen LogP contribution in [0.15, 0.2) is 18.2 Å². The van der Waals surface area contributed by atoms with Crippen molar-refractivity contribution in [1.29, 1.82) is 0 Å². The number of hydrogen-bond donors (Lipinski definition) is 6. The Morgan fingerprint density at radius 1 is 1.15 bits per heavy atom. The average molecular weight is 396 g/mol. The van der Waals surface area contributed by atoms with Crippen LogP contribution in [0.3, 0.4) is 0 Å². The summed E-state index contributed by atoms with van der Waals surface area (Å²) in [5.41, 5.74) is -0.241. The highest BCUT2D eigenvalue weighted by Crippen LogP contribution is 2.31. The Labute approximate surface area is 146 Å². The van der Waals surface area contributed by atoms with Crippen molar-refractivity contribution in [3.63, 3.8) is 0 Å². The van der Waals surface area contributed by atoms with Gasteiger partial charge >= 0.3 is 16.4 Å². The Morgan fingerprint density at radius 2 is 1.81 bits per heavy atom. The maximum Gasteiger partial charge on any atom is 0.397 e. The topological polar surface area (TPSA) is 200 Å². The Morgan fingerprint density at radius 3 is 2.35 bits per heavy atom. The van der Waals surface area contributed by atoms with Crippen LogP contribution in [0.5, 0.6) is 11.5 Å². The molecule has 0 bridgehead atoms. The van der Waals surface area contributed by atoms with Crippen LogP contribution >= 0.6 is 0 Å². The van der Waals surface area contributed by atoms with Gasteiger partial charge in [-0.1, -0.05) is 0 Å². The third kappa shape index (κ3) is 4.79. The Hall–Kier alpha value is -2.00. The molecule has 1 aromatic carbocycles. The van der Waals surface area contributed by atoms with Gasteiger partial charge in [-0.3, -0.25) is 4.55 Å². The Balaban J connectivity index is 2.15. The summed E-state index contributed by atoms with van der Waals surface area (Å²) in [5, 5.41) is 48.1. The number of ether oxygens (including phenoxy) is 2. The van der Waals surface area contributed by atoms with Crippen LogP contribution in [0.4, 0.5) is 0 Å². The van der Waals surface area contributed by atoms with Gasteiger partial charge in [0.15, 0.2) is 11.5 Å². The van der Waals surface area contributed by atoms with E-state index in [1.807, 2.05) is 0 Å². The van der Waals surface area contributed by atoms with Crippen molar-refractivity contribution in [2.45, 2.75) is 30.7 Å². The number of carbonyl (C=O) groups is 1. The lowest BCUT2D eigenvalue weighted by atomic mass is 9.99. The molecule has 0 aliphatic carbocycles. The smallest absolute Gasteiger partial charge is 0.397 e. The molecule has 1 aliphatic heterocycles. The van der Waals surface area contributed by atoms with Gasteiger partial charge in [-0.15, -0.1) is 0 Å². The normalized spacial score (nSPS) is 29.3. The van der Waals surface area contributed by atoms with Crippen molar-refractivity contribution in [1.82, 2.24) is 0 Å². The molecule has 1 fully saturated rings. The van der Waals surface area contributed by atoms with Gasteiger partial charge in [0.2, 0.25) is 6.29 Å². The summed E-state index contributed by atoms with van der Waals surface area (Å²) in [6, 6.07) is 3.03. The summed E-state index contributed by atoms with van der Waals surface area (Å²) in [6.45, 7) is -0.895. The zero-order valence-corrected chi connectivity index (χ0v) is 13.7. The van der Waals surface area contributed by atoms with Crippen LogP contribution in [0.2, 0.25) is 0 Å². The van der Waals surface area contributed by atoms with Crippen molar-refractivity contribution in [3.05, 3.63) is 23.8 Å². The maximum absolute atomic E-state index is 10.8. The second-order valence-corrected chi connectivity index (χ2v) is 6.42. The van der Waals surface area contributed by atoms with Gasteiger partial charge in [-0.25, -0.2) is 8.98 Å². The molecular formula is C13H16O12S. The number of aliphatic hydroxyl groups excluding tert-OH is 3. The van der Waals surface area contributed by atoms with Gasteiger partial charge in [-0.05, 0) is 18.2 Å². The monoisotopic (exact) mass is 396 g/mol. The molecule has 6 N–H and O–H groups in total. The number of carboxylic acid groups (broad SMARTS) is 1. The lowest BCUT2D eigenvalue weighted by Gasteiger charge is -2.39. The van der Waals surface area contributed by atoms with Crippen LogP contribution in [0, 0.1) is 0 Å². The summed E-state index contributed by atoms with van der Waals surface area (Å²) in [4.78, 5) is 10.8. The number of aromatic carboxylic acids is 1. The molecule has 5 atom stereocenters. The molecule has 0 spiro atoms. The fourth-order valence-electron chi connectivity index (χ4n) is 2.18. The molecule has 12 nitrogen and oxygen atoms in total. The molecule has 1 heterocycles. The minimum absolute atomic E-state index is 0.241. The van der Waals surface area contributed by atoms with E-state index in [1.165, 1.54) is 0 Å². The molecule has 13 heteroatoms. The number of aliphatic hydroxyl groups is 3. The van der Waals surface area contributed by atoms with Crippen LogP contribution < -0.4 is 4.74 Å². The van der Waals surface area contributed by atoms with E-state index in [1.54, 1.807) is 0 Å². The summed E-state index contributed by atoms with van der Waals surface area (Å²) in [6.07, 6.45) is -8.59. The second kappa shape index (κ2) is 7.71. The molecule has 26 heavy (non-hydrogen) atoms. The summed E-state index contributed by atoms with van der Waals surface area (Å²) in [5.74, 6) is -2.22. The van der Waals surface area contributed by atoms with Crippen molar-refractivity contribution in [2.75, 3.05) is 6.61 Å². The minimum atomic E-state index is -4.85. The first-order valence-corrected chi connectivity index (χ1v) is 8.40.